The minimum absolute atomic E-state index is 0.0542. The zero-order valence-corrected chi connectivity index (χ0v) is 38.7. The molecule has 0 rings (SSSR count). The van der Waals surface area contributed by atoms with Gasteiger partial charge in [-0.3, -0.25) is 9.59 Å². The van der Waals surface area contributed by atoms with Crippen molar-refractivity contribution in [1.82, 2.24) is 0 Å². The number of hydrogen-bond acceptors (Lipinski definition) is 6. The van der Waals surface area contributed by atoms with E-state index in [9.17, 15) is 19.5 Å². The maximum atomic E-state index is 12.8. The van der Waals surface area contributed by atoms with E-state index in [-0.39, 0.29) is 36.2 Å². The van der Waals surface area contributed by atoms with E-state index in [0.29, 0.717) is 19.3 Å². The Morgan fingerprint density at radius 3 is 1.41 bits per heavy atom. The Morgan fingerprint density at radius 2 is 0.949 bits per heavy atom. The number of allylic oxidation sites excluding steroid dienone is 10. The Balaban J connectivity index is 4.30. The van der Waals surface area contributed by atoms with Gasteiger partial charge in [0.2, 0.25) is 0 Å². The van der Waals surface area contributed by atoms with Crippen LogP contribution < -0.4 is 0 Å². The lowest BCUT2D eigenvalue weighted by Crippen LogP contribution is -2.50. The summed E-state index contributed by atoms with van der Waals surface area (Å²) in [6.45, 7) is 4.58. The van der Waals surface area contributed by atoms with Gasteiger partial charge in [0, 0.05) is 19.3 Å². The zero-order chi connectivity index (χ0) is 43.5. The van der Waals surface area contributed by atoms with Gasteiger partial charge in [0.1, 0.15) is 6.61 Å². The second-order valence-electron chi connectivity index (χ2n) is 17.1. The van der Waals surface area contributed by atoms with Crippen molar-refractivity contribution in [2.45, 2.75) is 206 Å². The standard InChI is InChI=1S/C51H89NO7/c1-6-8-10-12-14-16-18-20-22-23-24-25-26-28-30-32-34-36-38-40-42-50(54)59-47(45-57-44-43-48(51(55)56)52(3,4)5)46-58-49(53)41-39-37-35-33-31-29-27-21-19-17-15-13-11-9-7-2/h9,11,13,15-20,22,47-48H,6-8,10,12,14,21,23-46H2,1-5H3/p+1/b11-9+,15-13+,18-16+,19-17+,22-20+. The lowest BCUT2D eigenvalue weighted by atomic mass is 10.1. The summed E-state index contributed by atoms with van der Waals surface area (Å²) in [4.78, 5) is 37.1. The molecule has 0 heterocycles. The van der Waals surface area contributed by atoms with Gasteiger partial charge < -0.3 is 23.8 Å². The van der Waals surface area contributed by atoms with Crippen LogP contribution in [-0.4, -0.2) is 80.6 Å². The number of likely N-dealkylation sites (N-methyl/N-ethyl adjacent to an activating group) is 1. The number of rotatable bonds is 42. The van der Waals surface area contributed by atoms with Crippen LogP contribution in [0.15, 0.2) is 60.8 Å². The number of carbonyl (C=O) groups excluding carboxylic acids is 2. The molecule has 2 unspecified atom stereocenters. The quantitative estimate of drug-likeness (QED) is 0.0283. The summed E-state index contributed by atoms with van der Waals surface area (Å²) < 4.78 is 17.3. The Bertz CT molecular complexity index is 1150. The monoisotopic (exact) mass is 829 g/mol. The Labute approximate surface area is 362 Å². The van der Waals surface area contributed by atoms with Crippen LogP contribution in [0.1, 0.15) is 194 Å². The summed E-state index contributed by atoms with van der Waals surface area (Å²) in [6, 6.07) is -0.619. The smallest absolute Gasteiger partial charge is 0.362 e. The van der Waals surface area contributed by atoms with Gasteiger partial charge in [0.25, 0.3) is 0 Å². The first-order valence-electron chi connectivity index (χ1n) is 23.9. The molecular formula is C51H90NO7+. The maximum absolute atomic E-state index is 12.8. The molecule has 0 aromatic heterocycles. The molecule has 59 heavy (non-hydrogen) atoms. The summed E-state index contributed by atoms with van der Waals surface area (Å²) in [5.74, 6) is -1.49. The van der Waals surface area contributed by atoms with Crippen LogP contribution in [0.5, 0.6) is 0 Å². The molecule has 0 aliphatic carbocycles. The van der Waals surface area contributed by atoms with Gasteiger partial charge in [0.15, 0.2) is 12.1 Å². The molecule has 0 radical (unpaired) electrons. The van der Waals surface area contributed by atoms with E-state index in [4.69, 9.17) is 14.2 Å². The van der Waals surface area contributed by atoms with Crippen LogP contribution in [0.2, 0.25) is 0 Å². The molecule has 0 aromatic rings. The Morgan fingerprint density at radius 1 is 0.525 bits per heavy atom. The third kappa shape index (κ3) is 40.2. The predicted molar refractivity (Wildman–Crippen MR) is 247 cm³/mol. The minimum atomic E-state index is -0.879. The molecule has 0 saturated heterocycles. The first kappa shape index (κ1) is 56.0. The van der Waals surface area contributed by atoms with Gasteiger partial charge in [-0.25, -0.2) is 4.79 Å². The molecule has 0 aliphatic heterocycles. The fourth-order valence-corrected chi connectivity index (χ4v) is 6.79. The van der Waals surface area contributed by atoms with E-state index < -0.39 is 18.1 Å². The molecule has 2 atom stereocenters. The largest absolute Gasteiger partial charge is 0.477 e. The van der Waals surface area contributed by atoms with Gasteiger partial charge in [-0.2, -0.15) is 0 Å². The predicted octanol–water partition coefficient (Wildman–Crippen LogP) is 13.4. The number of quaternary nitrogens is 1. The number of hydrogen-bond donors (Lipinski definition) is 1. The van der Waals surface area contributed by atoms with Crippen molar-refractivity contribution < 1.29 is 38.2 Å². The summed E-state index contributed by atoms with van der Waals surface area (Å²) in [5, 5.41) is 9.64. The topological polar surface area (TPSA) is 99.1 Å². The normalized spacial score (nSPS) is 13.4. The molecule has 0 amide bonds. The third-order valence-electron chi connectivity index (χ3n) is 10.5. The fraction of sp³-hybridized carbons (Fsp3) is 0.745. The third-order valence-corrected chi connectivity index (χ3v) is 10.5. The van der Waals surface area contributed by atoms with Crippen LogP contribution in [0, 0.1) is 0 Å². The Kier molecular flexibility index (Phi) is 39.6. The second-order valence-corrected chi connectivity index (χ2v) is 17.1. The number of nitrogens with zero attached hydrogens (tertiary/aromatic N) is 1. The number of aliphatic carboxylic acids is 1. The molecule has 0 aromatic carbocycles. The molecule has 340 valence electrons. The van der Waals surface area contributed by atoms with Crippen molar-refractivity contribution in [2.24, 2.45) is 0 Å². The molecule has 0 aliphatic rings. The molecule has 8 heteroatoms. The van der Waals surface area contributed by atoms with Crippen LogP contribution in [0.3, 0.4) is 0 Å². The second kappa shape index (κ2) is 41.8. The van der Waals surface area contributed by atoms with Gasteiger partial charge in [0.05, 0.1) is 34.4 Å². The molecular weight excluding hydrogens is 739 g/mol. The molecule has 0 fully saturated rings. The molecule has 0 spiro atoms. The van der Waals surface area contributed by atoms with Crippen molar-refractivity contribution in [2.75, 3.05) is 41.0 Å². The van der Waals surface area contributed by atoms with E-state index in [1.54, 1.807) is 0 Å². The number of carbonyl (C=O) groups is 3. The first-order chi connectivity index (χ1) is 28.6. The highest BCUT2D eigenvalue weighted by molar-refractivity contribution is 5.72. The average molecular weight is 829 g/mol. The van der Waals surface area contributed by atoms with Crippen molar-refractivity contribution in [3.63, 3.8) is 0 Å². The molecule has 0 saturated carbocycles. The zero-order valence-electron chi connectivity index (χ0n) is 38.7. The van der Waals surface area contributed by atoms with Gasteiger partial charge >= 0.3 is 17.9 Å². The van der Waals surface area contributed by atoms with Crippen LogP contribution in [-0.2, 0) is 28.6 Å². The van der Waals surface area contributed by atoms with E-state index in [1.165, 1.54) is 109 Å². The van der Waals surface area contributed by atoms with Crippen molar-refractivity contribution in [3.05, 3.63) is 60.8 Å². The number of carboxylic acid groups (broad SMARTS) is 1. The van der Waals surface area contributed by atoms with Crippen LogP contribution in [0.25, 0.3) is 0 Å². The SMILES string of the molecule is CC/C=C/C=C/C=C/CCCCCCCCCC(=O)OCC(COCCC(C(=O)O)[N+](C)(C)C)OC(=O)CCCCCCCCCCCC/C=C/C=C/CCCCCC. The average Bonchev–Trinajstić information content (AvgIpc) is 3.19. The van der Waals surface area contributed by atoms with Gasteiger partial charge in [-0.15, -0.1) is 0 Å². The minimum Gasteiger partial charge on any atom is -0.477 e. The highest BCUT2D eigenvalue weighted by atomic mass is 16.6. The van der Waals surface area contributed by atoms with Crippen LogP contribution in [0.4, 0.5) is 0 Å². The van der Waals surface area contributed by atoms with E-state index in [1.807, 2.05) is 21.1 Å². The molecule has 1 N–H and O–H groups in total. The number of esters is 2. The number of unbranched alkanes of at least 4 members (excludes halogenated alkanes) is 21. The highest BCUT2D eigenvalue weighted by Crippen LogP contribution is 2.15. The van der Waals surface area contributed by atoms with Crippen LogP contribution >= 0.6 is 0 Å². The summed E-state index contributed by atoms with van der Waals surface area (Å²) in [6.07, 6.45) is 51.2. The maximum Gasteiger partial charge on any atom is 0.362 e. The van der Waals surface area contributed by atoms with E-state index >= 15 is 0 Å². The summed E-state index contributed by atoms with van der Waals surface area (Å²) in [5.41, 5.74) is 0. The van der Waals surface area contributed by atoms with Crippen molar-refractivity contribution in [3.8, 4) is 0 Å². The molecule has 8 nitrogen and oxygen atoms in total. The first-order valence-corrected chi connectivity index (χ1v) is 23.9. The van der Waals surface area contributed by atoms with Gasteiger partial charge in [-0.1, -0.05) is 177 Å². The molecule has 0 bridgehead atoms. The highest BCUT2D eigenvalue weighted by Gasteiger charge is 2.31. The van der Waals surface area contributed by atoms with Crippen molar-refractivity contribution in [1.29, 1.82) is 0 Å². The fourth-order valence-electron chi connectivity index (χ4n) is 6.79. The number of carboxylic acids is 1. The summed E-state index contributed by atoms with van der Waals surface area (Å²) in [7, 11) is 5.52. The lowest BCUT2D eigenvalue weighted by molar-refractivity contribution is -0.887. The number of ether oxygens (including phenoxy) is 3. The van der Waals surface area contributed by atoms with Crippen molar-refractivity contribution >= 4 is 17.9 Å². The van der Waals surface area contributed by atoms with E-state index in [0.717, 1.165) is 51.4 Å². The van der Waals surface area contributed by atoms with Gasteiger partial charge in [-0.05, 0) is 57.8 Å². The lowest BCUT2D eigenvalue weighted by Gasteiger charge is -2.31. The Hall–Kier alpha value is -2.97. The summed E-state index contributed by atoms with van der Waals surface area (Å²) >= 11 is 0. The van der Waals surface area contributed by atoms with E-state index in [2.05, 4.69) is 74.6 Å².